The van der Waals surface area contributed by atoms with Gasteiger partial charge in [-0.1, -0.05) is 6.42 Å². The maximum atomic E-state index is 12.5. The fourth-order valence-electron chi connectivity index (χ4n) is 3.69. The summed E-state index contributed by atoms with van der Waals surface area (Å²) in [5.74, 6) is 0.125. The Bertz CT molecular complexity index is 592. The molecule has 2 aliphatic rings. The van der Waals surface area contributed by atoms with Crippen LogP contribution in [0.15, 0.2) is 5.38 Å². The highest BCUT2D eigenvalue weighted by molar-refractivity contribution is 7.09. The molecule has 0 bridgehead atoms. The Hall–Kier alpha value is -1.67. The molecular formula is C17H26N4O3S. The first-order valence-corrected chi connectivity index (χ1v) is 9.91. The lowest BCUT2D eigenvalue weighted by Gasteiger charge is -2.40. The van der Waals surface area contributed by atoms with Crippen LogP contribution in [0.25, 0.3) is 0 Å². The molecule has 2 fully saturated rings. The Kier molecular flexibility index (Phi) is 6.25. The number of amides is 2. The van der Waals surface area contributed by atoms with Crippen LogP contribution in [0.1, 0.15) is 42.8 Å². The van der Waals surface area contributed by atoms with Gasteiger partial charge < -0.3 is 20.2 Å². The molecule has 2 amide bonds. The summed E-state index contributed by atoms with van der Waals surface area (Å²) < 4.78 is 0. The zero-order valence-corrected chi connectivity index (χ0v) is 15.3. The van der Waals surface area contributed by atoms with Crippen LogP contribution in [0, 0.1) is 0 Å². The summed E-state index contributed by atoms with van der Waals surface area (Å²) >= 11 is 1.38. The van der Waals surface area contributed by atoms with Gasteiger partial charge in [-0.25, -0.2) is 9.78 Å². The van der Waals surface area contributed by atoms with Crippen molar-refractivity contribution in [1.29, 1.82) is 0 Å². The Balaban J connectivity index is 1.44. The van der Waals surface area contributed by atoms with Gasteiger partial charge in [-0.2, -0.15) is 0 Å². The van der Waals surface area contributed by atoms with Crippen molar-refractivity contribution >= 4 is 23.3 Å². The Morgan fingerprint density at radius 1 is 1.20 bits per heavy atom. The van der Waals surface area contributed by atoms with Gasteiger partial charge in [0.05, 0.1) is 18.7 Å². The fraction of sp³-hybridized carbons (Fsp3) is 0.706. The van der Waals surface area contributed by atoms with E-state index in [1.807, 2.05) is 10.3 Å². The molecule has 0 aromatic carbocycles. The molecule has 7 nitrogen and oxygen atoms in total. The van der Waals surface area contributed by atoms with Crippen molar-refractivity contribution in [2.45, 2.75) is 51.1 Å². The van der Waals surface area contributed by atoms with Gasteiger partial charge in [0.2, 0.25) is 5.91 Å². The van der Waals surface area contributed by atoms with Gasteiger partial charge in [-0.3, -0.25) is 4.79 Å². The number of likely N-dealkylation sites (tertiary alicyclic amines) is 2. The highest BCUT2D eigenvalue weighted by Crippen LogP contribution is 2.21. The third-order valence-electron chi connectivity index (χ3n) is 5.05. The van der Waals surface area contributed by atoms with E-state index in [1.165, 1.54) is 43.7 Å². The summed E-state index contributed by atoms with van der Waals surface area (Å²) in [6.45, 7) is 4.28. The maximum Gasteiger partial charge on any atom is 0.405 e. The van der Waals surface area contributed by atoms with Crippen LogP contribution in [0.5, 0.6) is 0 Å². The molecule has 138 valence electrons. The highest BCUT2D eigenvalue weighted by atomic mass is 32.1. The smallest absolute Gasteiger partial charge is 0.405 e. The first-order chi connectivity index (χ1) is 12.1. The molecule has 2 aliphatic heterocycles. The third kappa shape index (κ3) is 5.15. The van der Waals surface area contributed by atoms with Crippen molar-refractivity contribution in [3.63, 3.8) is 0 Å². The topological polar surface area (TPSA) is 85.8 Å². The first-order valence-electron chi connectivity index (χ1n) is 9.03. The van der Waals surface area contributed by atoms with Gasteiger partial charge in [0.25, 0.3) is 0 Å². The molecule has 3 rings (SSSR count). The number of aromatic nitrogens is 1. The van der Waals surface area contributed by atoms with Gasteiger partial charge >= 0.3 is 6.09 Å². The standard InChI is InChI=1S/C17H26N4O3S/c22-16(10-13-12-25-15(19-13)11-18-17(23)24)21-8-4-14(5-9-21)20-6-2-1-3-7-20/h12,14,18H,1-11H2,(H,23,24). The molecule has 8 heteroatoms. The van der Waals surface area contributed by atoms with E-state index < -0.39 is 6.09 Å². The van der Waals surface area contributed by atoms with Crippen molar-refractivity contribution in [2.24, 2.45) is 0 Å². The second-order valence-electron chi connectivity index (χ2n) is 6.78. The molecule has 1 aromatic rings. The van der Waals surface area contributed by atoms with Gasteiger partial charge in [0.1, 0.15) is 5.01 Å². The normalized spacial score (nSPS) is 19.8. The minimum atomic E-state index is -1.07. The van der Waals surface area contributed by atoms with Gasteiger partial charge in [-0.15, -0.1) is 11.3 Å². The summed E-state index contributed by atoms with van der Waals surface area (Å²) in [5, 5.41) is 13.4. The fourth-order valence-corrected chi connectivity index (χ4v) is 4.43. The number of piperidine rings is 2. The zero-order valence-electron chi connectivity index (χ0n) is 14.4. The van der Waals surface area contributed by atoms with Gasteiger partial charge in [0.15, 0.2) is 0 Å². The van der Waals surface area contributed by atoms with E-state index in [-0.39, 0.29) is 12.5 Å². The second kappa shape index (κ2) is 8.62. The van der Waals surface area contributed by atoms with E-state index in [9.17, 15) is 9.59 Å². The minimum Gasteiger partial charge on any atom is -0.465 e. The quantitative estimate of drug-likeness (QED) is 0.832. The minimum absolute atomic E-state index is 0.125. The van der Waals surface area contributed by atoms with Crippen molar-refractivity contribution in [3.8, 4) is 0 Å². The predicted octanol–water partition coefficient (Wildman–Crippen LogP) is 1.93. The number of carboxylic acid groups (broad SMARTS) is 1. The number of rotatable bonds is 5. The molecule has 25 heavy (non-hydrogen) atoms. The average molecular weight is 366 g/mol. The Labute approximate surface area is 152 Å². The highest BCUT2D eigenvalue weighted by Gasteiger charge is 2.27. The van der Waals surface area contributed by atoms with E-state index in [1.54, 1.807) is 0 Å². The van der Waals surface area contributed by atoms with Crippen molar-refractivity contribution in [3.05, 3.63) is 16.1 Å². The number of hydrogen-bond donors (Lipinski definition) is 2. The number of hydrogen-bond acceptors (Lipinski definition) is 5. The number of nitrogens with zero attached hydrogens (tertiary/aromatic N) is 3. The van der Waals surface area contributed by atoms with Crippen molar-refractivity contribution in [1.82, 2.24) is 20.1 Å². The first kappa shape index (κ1) is 18.1. The summed E-state index contributed by atoms with van der Waals surface area (Å²) in [6.07, 6.45) is 5.34. The van der Waals surface area contributed by atoms with Gasteiger partial charge in [-0.05, 0) is 38.8 Å². The molecule has 3 heterocycles. The predicted molar refractivity (Wildman–Crippen MR) is 95.7 cm³/mol. The van der Waals surface area contributed by atoms with E-state index in [0.717, 1.165) is 31.6 Å². The largest absolute Gasteiger partial charge is 0.465 e. The molecular weight excluding hydrogens is 340 g/mol. The van der Waals surface area contributed by atoms with E-state index >= 15 is 0 Å². The van der Waals surface area contributed by atoms with E-state index in [4.69, 9.17) is 5.11 Å². The maximum absolute atomic E-state index is 12.5. The van der Waals surface area contributed by atoms with Crippen LogP contribution in [0.3, 0.4) is 0 Å². The molecule has 0 spiro atoms. The molecule has 2 saturated heterocycles. The van der Waals surface area contributed by atoms with Crippen LogP contribution in [-0.4, -0.2) is 64.1 Å². The van der Waals surface area contributed by atoms with Crippen LogP contribution in [0.4, 0.5) is 4.79 Å². The molecule has 2 N–H and O–H groups in total. The van der Waals surface area contributed by atoms with Crippen molar-refractivity contribution in [2.75, 3.05) is 26.2 Å². The van der Waals surface area contributed by atoms with Crippen LogP contribution in [-0.2, 0) is 17.8 Å². The lowest BCUT2D eigenvalue weighted by atomic mass is 9.99. The average Bonchev–Trinajstić information content (AvgIpc) is 3.08. The number of nitrogens with one attached hydrogen (secondary N) is 1. The molecule has 0 unspecified atom stereocenters. The van der Waals surface area contributed by atoms with Crippen molar-refractivity contribution < 1.29 is 14.7 Å². The van der Waals surface area contributed by atoms with Gasteiger partial charge in [0, 0.05) is 24.5 Å². The summed E-state index contributed by atoms with van der Waals surface area (Å²) in [7, 11) is 0. The molecule has 0 saturated carbocycles. The Morgan fingerprint density at radius 3 is 2.60 bits per heavy atom. The summed E-state index contributed by atoms with van der Waals surface area (Å²) in [4.78, 5) is 31.9. The number of thiazole rings is 1. The van der Waals surface area contributed by atoms with Crippen LogP contribution >= 0.6 is 11.3 Å². The zero-order chi connectivity index (χ0) is 17.6. The molecule has 0 radical (unpaired) electrons. The lowest BCUT2D eigenvalue weighted by Crippen LogP contribution is -2.48. The summed E-state index contributed by atoms with van der Waals surface area (Å²) in [6, 6.07) is 0.636. The molecule has 0 atom stereocenters. The molecule has 1 aromatic heterocycles. The summed E-state index contributed by atoms with van der Waals surface area (Å²) in [5.41, 5.74) is 0.732. The number of carbonyl (C=O) groups excluding carboxylic acids is 1. The van der Waals surface area contributed by atoms with Crippen LogP contribution in [0.2, 0.25) is 0 Å². The van der Waals surface area contributed by atoms with E-state index in [2.05, 4.69) is 15.2 Å². The third-order valence-corrected chi connectivity index (χ3v) is 5.94. The second-order valence-corrected chi connectivity index (χ2v) is 7.72. The van der Waals surface area contributed by atoms with Crippen LogP contribution < -0.4 is 5.32 Å². The molecule has 0 aliphatic carbocycles. The van der Waals surface area contributed by atoms with E-state index in [0.29, 0.717) is 17.5 Å². The monoisotopic (exact) mass is 366 g/mol. The number of carbonyl (C=O) groups is 2. The Morgan fingerprint density at radius 2 is 1.92 bits per heavy atom. The lowest BCUT2D eigenvalue weighted by molar-refractivity contribution is -0.132. The SMILES string of the molecule is O=C(O)NCc1nc(CC(=O)N2CCC(N3CCCCC3)CC2)cs1.